The Morgan fingerprint density at radius 2 is 1.45 bits per heavy atom. The van der Waals surface area contributed by atoms with Gasteiger partial charge in [-0.15, -0.1) is 11.8 Å². The predicted octanol–water partition coefficient (Wildman–Crippen LogP) is 5.17. The zero-order chi connectivity index (χ0) is 14.2. The summed E-state index contributed by atoms with van der Waals surface area (Å²) in [6.07, 6.45) is 0. The molecule has 0 heterocycles. The van der Waals surface area contributed by atoms with E-state index in [1.165, 1.54) is 0 Å². The molecule has 0 aliphatic rings. The quantitative estimate of drug-likeness (QED) is 0.567. The van der Waals surface area contributed by atoms with Crippen LogP contribution in [-0.4, -0.2) is 12.4 Å². The third kappa shape index (κ3) is 5.38. The molecule has 0 radical (unpaired) electrons. The molecule has 0 saturated carbocycles. The number of rotatable bonds is 4. The fourth-order valence-electron chi connectivity index (χ4n) is 1.40. The van der Waals surface area contributed by atoms with E-state index in [1.54, 1.807) is 23.9 Å². The molecule has 2 aromatic carbocycles. The molecule has 4 heteroatoms. The first-order valence-electron chi connectivity index (χ1n) is 5.96. The van der Waals surface area contributed by atoms with Crippen LogP contribution in [0.25, 0.3) is 0 Å². The van der Waals surface area contributed by atoms with E-state index in [2.05, 4.69) is 11.8 Å². The lowest BCUT2D eigenvalue weighted by molar-refractivity contribution is 0.370. The number of halogens is 2. The Labute approximate surface area is 133 Å². The molecule has 0 atom stereocenters. The topological polar surface area (TPSA) is 9.23 Å². The van der Waals surface area contributed by atoms with E-state index >= 15 is 0 Å². The van der Waals surface area contributed by atoms with Crippen molar-refractivity contribution in [2.75, 3.05) is 12.4 Å². The van der Waals surface area contributed by atoms with Crippen LogP contribution >= 0.6 is 35.0 Å². The summed E-state index contributed by atoms with van der Waals surface area (Å²) in [6.45, 7) is 0.378. The van der Waals surface area contributed by atoms with Crippen LogP contribution in [0.1, 0.15) is 0 Å². The van der Waals surface area contributed by atoms with E-state index in [4.69, 9.17) is 27.9 Å². The van der Waals surface area contributed by atoms with Crippen molar-refractivity contribution in [3.8, 4) is 17.6 Å². The van der Waals surface area contributed by atoms with E-state index < -0.39 is 0 Å². The van der Waals surface area contributed by atoms with Crippen molar-refractivity contribution in [1.29, 1.82) is 0 Å². The monoisotopic (exact) mass is 322 g/mol. The van der Waals surface area contributed by atoms with Gasteiger partial charge in [0.2, 0.25) is 0 Å². The van der Waals surface area contributed by atoms with Crippen LogP contribution < -0.4 is 4.74 Å². The summed E-state index contributed by atoms with van der Waals surface area (Å²) in [4.78, 5) is 1.15. The Kier molecular flexibility index (Phi) is 6.14. The van der Waals surface area contributed by atoms with Crippen molar-refractivity contribution in [3.05, 3.63) is 58.6 Å². The van der Waals surface area contributed by atoms with Gasteiger partial charge in [0.1, 0.15) is 12.4 Å². The predicted molar refractivity (Wildman–Crippen MR) is 86.9 cm³/mol. The molecule has 2 rings (SSSR count). The Morgan fingerprint density at radius 1 is 0.850 bits per heavy atom. The lowest BCUT2D eigenvalue weighted by Gasteiger charge is -2.00. The van der Waals surface area contributed by atoms with Crippen molar-refractivity contribution in [2.24, 2.45) is 0 Å². The van der Waals surface area contributed by atoms with Gasteiger partial charge in [-0.2, -0.15) is 0 Å². The van der Waals surface area contributed by atoms with Crippen molar-refractivity contribution in [1.82, 2.24) is 0 Å². The fourth-order valence-corrected chi connectivity index (χ4v) is 2.32. The highest BCUT2D eigenvalue weighted by Crippen LogP contribution is 2.19. The van der Waals surface area contributed by atoms with Gasteiger partial charge in [-0.3, -0.25) is 0 Å². The summed E-state index contributed by atoms with van der Waals surface area (Å²) < 4.78 is 5.47. The third-order valence-corrected chi connectivity index (χ3v) is 3.77. The van der Waals surface area contributed by atoms with Crippen molar-refractivity contribution < 1.29 is 4.74 Å². The van der Waals surface area contributed by atoms with E-state index in [0.29, 0.717) is 11.6 Å². The summed E-state index contributed by atoms with van der Waals surface area (Å²) in [5.41, 5.74) is 0. The van der Waals surface area contributed by atoms with E-state index in [9.17, 15) is 0 Å². The highest BCUT2D eigenvalue weighted by Gasteiger charge is 1.92. The highest BCUT2D eigenvalue weighted by molar-refractivity contribution is 7.99. The molecule has 0 amide bonds. The largest absolute Gasteiger partial charge is 0.481 e. The minimum absolute atomic E-state index is 0.378. The second kappa shape index (κ2) is 8.11. The highest BCUT2D eigenvalue weighted by atomic mass is 35.5. The number of hydrogen-bond donors (Lipinski definition) is 0. The number of benzene rings is 2. The Bertz CT molecular complexity index is 544. The Morgan fingerprint density at radius 3 is 2.10 bits per heavy atom. The molecule has 102 valence electrons. The maximum absolute atomic E-state index is 5.82. The first-order valence-corrected chi connectivity index (χ1v) is 7.70. The van der Waals surface area contributed by atoms with Gasteiger partial charge < -0.3 is 4.74 Å². The first-order chi connectivity index (χ1) is 9.74. The molecule has 0 bridgehead atoms. The van der Waals surface area contributed by atoms with Crippen molar-refractivity contribution >= 4 is 35.0 Å². The average molecular weight is 323 g/mol. The van der Waals surface area contributed by atoms with Crippen molar-refractivity contribution in [2.45, 2.75) is 4.90 Å². The number of hydrogen-bond acceptors (Lipinski definition) is 2. The lowest BCUT2D eigenvalue weighted by atomic mass is 10.3. The summed E-state index contributed by atoms with van der Waals surface area (Å²) in [5, 5.41) is 1.44. The van der Waals surface area contributed by atoms with Crippen LogP contribution in [0, 0.1) is 11.8 Å². The van der Waals surface area contributed by atoms with Crippen LogP contribution in [0.3, 0.4) is 0 Å². The second-order valence-corrected chi connectivity index (χ2v) is 5.76. The second-order valence-electron chi connectivity index (χ2n) is 3.84. The van der Waals surface area contributed by atoms with Crippen LogP contribution in [0.4, 0.5) is 0 Å². The SMILES string of the molecule is Clc1ccc(OCC#CCSc2ccc(Cl)cc2)cc1. The summed E-state index contributed by atoms with van der Waals surface area (Å²) in [6, 6.07) is 15.0. The van der Waals surface area contributed by atoms with Gasteiger partial charge in [0.25, 0.3) is 0 Å². The number of ether oxygens (including phenoxy) is 1. The van der Waals surface area contributed by atoms with Gasteiger partial charge in [-0.1, -0.05) is 35.0 Å². The maximum Gasteiger partial charge on any atom is 0.149 e. The Hall–Kier alpha value is -1.27. The van der Waals surface area contributed by atoms with Crippen molar-refractivity contribution in [3.63, 3.8) is 0 Å². The van der Waals surface area contributed by atoms with Gasteiger partial charge in [-0.25, -0.2) is 0 Å². The molecule has 0 fully saturated rings. The van der Waals surface area contributed by atoms with Gasteiger partial charge >= 0.3 is 0 Å². The van der Waals surface area contributed by atoms with E-state index in [-0.39, 0.29) is 0 Å². The zero-order valence-electron chi connectivity index (χ0n) is 10.6. The molecule has 0 aliphatic carbocycles. The van der Waals surface area contributed by atoms with E-state index in [0.717, 1.165) is 21.4 Å². The van der Waals surface area contributed by atoms with Crippen LogP contribution in [-0.2, 0) is 0 Å². The minimum atomic E-state index is 0.378. The molecular weight excluding hydrogens is 311 g/mol. The number of thioether (sulfide) groups is 1. The third-order valence-electron chi connectivity index (χ3n) is 2.37. The molecule has 1 nitrogen and oxygen atoms in total. The van der Waals surface area contributed by atoms with Gasteiger partial charge in [0, 0.05) is 14.9 Å². The maximum atomic E-state index is 5.82. The van der Waals surface area contributed by atoms with Crippen LogP contribution in [0.5, 0.6) is 5.75 Å². The molecular formula is C16H12Cl2OS. The molecule has 2 aromatic rings. The van der Waals surface area contributed by atoms with E-state index in [1.807, 2.05) is 36.4 Å². The van der Waals surface area contributed by atoms with Gasteiger partial charge in [0.15, 0.2) is 0 Å². The van der Waals surface area contributed by atoms with Crippen LogP contribution in [0.2, 0.25) is 10.0 Å². The first kappa shape index (κ1) is 15.1. The molecule has 0 saturated heterocycles. The normalized spacial score (nSPS) is 9.70. The lowest BCUT2D eigenvalue weighted by Crippen LogP contribution is -1.93. The standard InChI is InChI=1S/C16H12Cl2OS/c17-13-3-7-15(8-4-13)19-11-1-2-12-20-16-9-5-14(18)6-10-16/h3-10H,11-12H2. The fraction of sp³-hybridized carbons (Fsp3) is 0.125. The molecule has 0 spiro atoms. The average Bonchev–Trinajstić information content (AvgIpc) is 2.46. The zero-order valence-corrected chi connectivity index (χ0v) is 12.9. The molecule has 0 aliphatic heterocycles. The molecule has 0 unspecified atom stereocenters. The molecule has 0 N–H and O–H groups in total. The van der Waals surface area contributed by atoms with Gasteiger partial charge in [-0.05, 0) is 48.5 Å². The summed E-state index contributed by atoms with van der Waals surface area (Å²) in [7, 11) is 0. The molecule has 0 aromatic heterocycles. The smallest absolute Gasteiger partial charge is 0.149 e. The summed E-state index contributed by atoms with van der Waals surface area (Å²) in [5.74, 6) is 7.54. The summed E-state index contributed by atoms with van der Waals surface area (Å²) >= 11 is 13.3. The van der Waals surface area contributed by atoms with Crippen LogP contribution in [0.15, 0.2) is 53.4 Å². The van der Waals surface area contributed by atoms with Gasteiger partial charge in [0.05, 0.1) is 5.75 Å². The Balaban J connectivity index is 1.70. The minimum Gasteiger partial charge on any atom is -0.481 e. The molecule has 20 heavy (non-hydrogen) atoms.